The lowest BCUT2D eigenvalue weighted by molar-refractivity contribution is 0.0746. The maximum atomic E-state index is 12.6. The van der Waals surface area contributed by atoms with Crippen LogP contribution in [0.5, 0.6) is 0 Å². The predicted octanol–water partition coefficient (Wildman–Crippen LogP) is 3.34. The Bertz CT molecular complexity index is 625. The number of hydrogen-bond acceptors (Lipinski definition) is 3. The van der Waals surface area contributed by atoms with Crippen molar-refractivity contribution in [3.8, 4) is 0 Å². The second-order valence-corrected chi connectivity index (χ2v) is 4.90. The van der Waals surface area contributed by atoms with Crippen molar-refractivity contribution >= 4 is 11.6 Å². The molecule has 0 fully saturated rings. The molecule has 1 aromatic carbocycles. The summed E-state index contributed by atoms with van der Waals surface area (Å²) in [5.74, 6) is -0.0615. The maximum absolute atomic E-state index is 12.6. The lowest BCUT2D eigenvalue weighted by atomic mass is 10.2. The SMILES string of the molecule is C=CCNc1ccnc(C(=O)N(CC)Cc2ccccc2)c1. The van der Waals surface area contributed by atoms with E-state index in [0.717, 1.165) is 11.3 Å². The Balaban J connectivity index is 2.12. The van der Waals surface area contributed by atoms with Crippen molar-refractivity contribution in [2.45, 2.75) is 13.5 Å². The van der Waals surface area contributed by atoms with Crippen LogP contribution in [0.15, 0.2) is 61.3 Å². The number of carbonyl (C=O) groups is 1. The first kappa shape index (κ1) is 15.8. The van der Waals surface area contributed by atoms with Crippen molar-refractivity contribution in [3.63, 3.8) is 0 Å². The molecule has 0 aliphatic heterocycles. The topological polar surface area (TPSA) is 45.2 Å². The molecule has 0 unspecified atom stereocenters. The van der Waals surface area contributed by atoms with Gasteiger partial charge in [0.05, 0.1) is 0 Å². The average molecular weight is 295 g/mol. The molecule has 2 rings (SSSR count). The Morgan fingerprint density at radius 1 is 1.32 bits per heavy atom. The summed E-state index contributed by atoms with van der Waals surface area (Å²) >= 11 is 0. The lowest BCUT2D eigenvalue weighted by Gasteiger charge is -2.20. The van der Waals surface area contributed by atoms with Crippen molar-refractivity contribution in [3.05, 3.63) is 72.6 Å². The van der Waals surface area contributed by atoms with E-state index in [1.54, 1.807) is 23.2 Å². The molecule has 0 radical (unpaired) electrons. The Kier molecular flexibility index (Phi) is 5.72. The fourth-order valence-corrected chi connectivity index (χ4v) is 2.14. The Labute approximate surface area is 131 Å². The van der Waals surface area contributed by atoms with Crippen LogP contribution < -0.4 is 5.32 Å². The summed E-state index contributed by atoms with van der Waals surface area (Å²) in [6.07, 6.45) is 3.42. The molecule has 0 aliphatic carbocycles. The van der Waals surface area contributed by atoms with E-state index in [4.69, 9.17) is 0 Å². The molecule has 0 aliphatic rings. The Morgan fingerprint density at radius 2 is 2.09 bits per heavy atom. The van der Waals surface area contributed by atoms with Gasteiger partial charge < -0.3 is 10.2 Å². The van der Waals surface area contributed by atoms with E-state index >= 15 is 0 Å². The minimum Gasteiger partial charge on any atom is -0.381 e. The first-order chi connectivity index (χ1) is 10.7. The highest BCUT2D eigenvalue weighted by molar-refractivity contribution is 5.93. The highest BCUT2D eigenvalue weighted by Crippen LogP contribution is 2.12. The van der Waals surface area contributed by atoms with Gasteiger partial charge in [-0.2, -0.15) is 0 Å². The van der Waals surface area contributed by atoms with Gasteiger partial charge >= 0.3 is 0 Å². The Morgan fingerprint density at radius 3 is 2.77 bits per heavy atom. The van der Waals surface area contributed by atoms with Crippen molar-refractivity contribution in [1.82, 2.24) is 9.88 Å². The average Bonchev–Trinajstić information content (AvgIpc) is 2.58. The largest absolute Gasteiger partial charge is 0.381 e. The smallest absolute Gasteiger partial charge is 0.272 e. The lowest BCUT2D eigenvalue weighted by Crippen LogP contribution is -2.31. The molecule has 114 valence electrons. The summed E-state index contributed by atoms with van der Waals surface area (Å²) < 4.78 is 0. The van der Waals surface area contributed by atoms with E-state index in [2.05, 4.69) is 16.9 Å². The quantitative estimate of drug-likeness (QED) is 0.797. The van der Waals surface area contributed by atoms with Crippen LogP contribution >= 0.6 is 0 Å². The van der Waals surface area contributed by atoms with E-state index < -0.39 is 0 Å². The van der Waals surface area contributed by atoms with Crippen LogP contribution in [0.4, 0.5) is 5.69 Å². The van der Waals surface area contributed by atoms with Gasteiger partial charge in [0, 0.05) is 31.5 Å². The second kappa shape index (κ2) is 7.98. The number of carbonyl (C=O) groups excluding carboxylic acids is 1. The van der Waals surface area contributed by atoms with Gasteiger partial charge in [0.1, 0.15) is 5.69 Å². The van der Waals surface area contributed by atoms with Gasteiger partial charge in [-0.05, 0) is 24.6 Å². The van der Waals surface area contributed by atoms with E-state index in [0.29, 0.717) is 25.3 Å². The molecule has 0 saturated carbocycles. The zero-order chi connectivity index (χ0) is 15.8. The third kappa shape index (κ3) is 4.19. The molecule has 4 nitrogen and oxygen atoms in total. The van der Waals surface area contributed by atoms with E-state index in [1.807, 2.05) is 43.3 Å². The van der Waals surface area contributed by atoms with Crippen LogP contribution in [-0.4, -0.2) is 28.9 Å². The number of anilines is 1. The van der Waals surface area contributed by atoms with E-state index in [9.17, 15) is 4.79 Å². The van der Waals surface area contributed by atoms with Crippen molar-refractivity contribution < 1.29 is 4.79 Å². The number of pyridine rings is 1. The van der Waals surface area contributed by atoms with Gasteiger partial charge in [0.15, 0.2) is 0 Å². The minimum atomic E-state index is -0.0615. The molecule has 1 aromatic heterocycles. The molecular weight excluding hydrogens is 274 g/mol. The minimum absolute atomic E-state index is 0.0615. The molecule has 1 amide bonds. The zero-order valence-electron chi connectivity index (χ0n) is 12.8. The maximum Gasteiger partial charge on any atom is 0.272 e. The summed E-state index contributed by atoms with van der Waals surface area (Å²) in [7, 11) is 0. The first-order valence-electron chi connectivity index (χ1n) is 7.38. The van der Waals surface area contributed by atoms with Crippen LogP contribution in [0.1, 0.15) is 23.0 Å². The number of amides is 1. The van der Waals surface area contributed by atoms with Crippen LogP contribution in [0, 0.1) is 0 Å². The number of nitrogens with one attached hydrogen (secondary N) is 1. The monoisotopic (exact) mass is 295 g/mol. The normalized spacial score (nSPS) is 10.0. The number of rotatable bonds is 7. The second-order valence-electron chi connectivity index (χ2n) is 4.90. The molecule has 0 bridgehead atoms. The molecule has 4 heteroatoms. The highest BCUT2D eigenvalue weighted by Gasteiger charge is 2.16. The van der Waals surface area contributed by atoms with Crippen molar-refractivity contribution in [2.24, 2.45) is 0 Å². The van der Waals surface area contributed by atoms with Gasteiger partial charge in [-0.1, -0.05) is 36.4 Å². The fourth-order valence-electron chi connectivity index (χ4n) is 2.14. The molecule has 22 heavy (non-hydrogen) atoms. The summed E-state index contributed by atoms with van der Waals surface area (Å²) in [5, 5.41) is 3.17. The molecule has 0 spiro atoms. The van der Waals surface area contributed by atoms with Crippen molar-refractivity contribution in [1.29, 1.82) is 0 Å². The molecule has 1 heterocycles. The number of aromatic nitrogens is 1. The van der Waals surface area contributed by atoms with Crippen LogP contribution in [0.2, 0.25) is 0 Å². The van der Waals surface area contributed by atoms with E-state index in [-0.39, 0.29) is 5.91 Å². The van der Waals surface area contributed by atoms with Crippen molar-refractivity contribution in [2.75, 3.05) is 18.4 Å². The summed E-state index contributed by atoms with van der Waals surface area (Å²) in [5.41, 5.74) is 2.43. The molecule has 2 aromatic rings. The first-order valence-corrected chi connectivity index (χ1v) is 7.38. The number of hydrogen-bond donors (Lipinski definition) is 1. The molecular formula is C18H21N3O. The summed E-state index contributed by atoms with van der Waals surface area (Å²) in [4.78, 5) is 18.6. The fraction of sp³-hybridized carbons (Fsp3) is 0.222. The van der Waals surface area contributed by atoms with Gasteiger partial charge in [-0.3, -0.25) is 9.78 Å². The van der Waals surface area contributed by atoms with E-state index in [1.165, 1.54) is 0 Å². The Hall–Kier alpha value is -2.62. The third-order valence-electron chi connectivity index (χ3n) is 3.31. The van der Waals surface area contributed by atoms with Gasteiger partial charge in [-0.15, -0.1) is 6.58 Å². The van der Waals surface area contributed by atoms with Crippen LogP contribution in [-0.2, 0) is 6.54 Å². The van der Waals surface area contributed by atoms with Crippen LogP contribution in [0.25, 0.3) is 0 Å². The van der Waals surface area contributed by atoms with Gasteiger partial charge in [-0.25, -0.2) is 0 Å². The standard InChI is InChI=1S/C18H21N3O/c1-3-11-19-16-10-12-20-17(13-16)18(22)21(4-2)14-15-8-6-5-7-9-15/h3,5-10,12-13H,1,4,11,14H2,2H3,(H,19,20). The number of benzene rings is 1. The molecule has 0 atom stereocenters. The number of nitrogens with zero attached hydrogens (tertiary/aromatic N) is 2. The summed E-state index contributed by atoms with van der Waals surface area (Å²) in [6, 6.07) is 13.6. The summed E-state index contributed by atoms with van der Waals surface area (Å²) in [6.45, 7) is 7.52. The van der Waals surface area contributed by atoms with Gasteiger partial charge in [0.25, 0.3) is 5.91 Å². The molecule has 0 saturated heterocycles. The van der Waals surface area contributed by atoms with Crippen LogP contribution in [0.3, 0.4) is 0 Å². The van der Waals surface area contributed by atoms with Gasteiger partial charge in [0.2, 0.25) is 0 Å². The highest BCUT2D eigenvalue weighted by atomic mass is 16.2. The predicted molar refractivity (Wildman–Crippen MR) is 89.8 cm³/mol. The third-order valence-corrected chi connectivity index (χ3v) is 3.31. The molecule has 1 N–H and O–H groups in total. The zero-order valence-corrected chi connectivity index (χ0v) is 12.8.